The zero-order valence-electron chi connectivity index (χ0n) is 49.4. The minimum atomic E-state index is -0.509. The maximum atomic E-state index is 17.3. The third-order valence-electron chi connectivity index (χ3n) is 16.8. The highest BCUT2D eigenvalue weighted by atomic mass is 19.1. The van der Waals surface area contributed by atoms with Crippen LogP contribution in [0.1, 0.15) is 97.5 Å². The van der Waals surface area contributed by atoms with Crippen molar-refractivity contribution in [2.45, 2.75) is 110 Å². The van der Waals surface area contributed by atoms with Gasteiger partial charge in [0.05, 0.1) is 59.7 Å². The Kier molecular flexibility index (Phi) is 17.9. The van der Waals surface area contributed by atoms with Gasteiger partial charge >= 0.3 is 0 Å². The van der Waals surface area contributed by atoms with Crippen LogP contribution in [0.5, 0.6) is 23.0 Å². The van der Waals surface area contributed by atoms with E-state index in [-0.39, 0.29) is 66.8 Å². The van der Waals surface area contributed by atoms with Crippen LogP contribution >= 0.6 is 0 Å². The van der Waals surface area contributed by atoms with E-state index in [0.29, 0.717) is 120 Å². The van der Waals surface area contributed by atoms with Crippen LogP contribution < -0.4 is 72.1 Å². The highest BCUT2D eigenvalue weighted by molar-refractivity contribution is 5.81. The first-order chi connectivity index (χ1) is 41.4. The summed E-state index contributed by atoms with van der Waals surface area (Å²) in [7, 11) is 4.00. The molecule has 7 aliphatic heterocycles. The SMILES string of the molecule is CNC1CC(C)NC(Nc2cc3c(c(C4=CCNCCC4)c2F)OCC(CNc2cc(C)nc(Nc4cc5c(c(C6=CCNCCC6)c4F)OCC(CNc4cc(C)nc(Nc6cc7c(c(C8=CCN(C)CCC8)c6F)OCCC7)n4)O5)n2)C3)N1. The first kappa shape index (κ1) is 58.2. The summed E-state index contributed by atoms with van der Waals surface area (Å²) >= 11 is 0. The fourth-order valence-electron chi connectivity index (χ4n) is 12.6. The molecule has 3 aromatic carbocycles. The van der Waals surface area contributed by atoms with Gasteiger partial charge in [-0.3, -0.25) is 10.6 Å². The zero-order valence-corrected chi connectivity index (χ0v) is 49.4. The molecule has 1 saturated heterocycles. The van der Waals surface area contributed by atoms with Gasteiger partial charge in [0.2, 0.25) is 11.9 Å². The van der Waals surface area contributed by atoms with E-state index in [2.05, 4.69) is 89.2 Å². The Labute approximate surface area is 495 Å². The van der Waals surface area contributed by atoms with Gasteiger partial charge in [-0.1, -0.05) is 18.2 Å². The van der Waals surface area contributed by atoms with Crippen molar-refractivity contribution in [2.75, 3.05) is 113 Å². The Morgan fingerprint density at radius 3 is 1.96 bits per heavy atom. The topological polar surface area (TPSA) is 212 Å². The van der Waals surface area contributed by atoms with Gasteiger partial charge in [0.15, 0.2) is 29.0 Å². The van der Waals surface area contributed by atoms with Crippen molar-refractivity contribution >= 4 is 57.3 Å². The van der Waals surface area contributed by atoms with Gasteiger partial charge in [0.25, 0.3) is 0 Å². The van der Waals surface area contributed by atoms with Crippen molar-refractivity contribution < 1.29 is 32.1 Å². The Bertz CT molecular complexity index is 3380. The van der Waals surface area contributed by atoms with E-state index in [1.54, 1.807) is 6.07 Å². The average Bonchev–Trinajstić information content (AvgIpc) is 4.12. The molecule has 10 N–H and O–H groups in total. The van der Waals surface area contributed by atoms with Crippen molar-refractivity contribution in [1.29, 1.82) is 0 Å². The Morgan fingerprint density at radius 2 is 1.26 bits per heavy atom. The summed E-state index contributed by atoms with van der Waals surface area (Å²) in [4.78, 5) is 21.2. The third-order valence-corrected chi connectivity index (χ3v) is 16.8. The Morgan fingerprint density at radius 1 is 0.647 bits per heavy atom. The molecule has 0 saturated carbocycles. The fourth-order valence-corrected chi connectivity index (χ4v) is 12.6. The second-order valence-corrected chi connectivity index (χ2v) is 23.5. The number of halogens is 3. The predicted octanol–water partition coefficient (Wildman–Crippen LogP) is 8.88. The normalized spacial score (nSPS) is 22.5. The van der Waals surface area contributed by atoms with Crippen LogP contribution in [-0.4, -0.2) is 136 Å². The van der Waals surface area contributed by atoms with E-state index in [0.717, 1.165) is 105 Å². The molecule has 452 valence electrons. The minimum absolute atomic E-state index is 0.0135. The van der Waals surface area contributed by atoms with Gasteiger partial charge in [0, 0.05) is 67.7 Å². The van der Waals surface area contributed by atoms with Crippen molar-refractivity contribution in [3.8, 4) is 23.0 Å². The molecular formula is C63H80F3N15O4. The molecule has 9 heterocycles. The van der Waals surface area contributed by atoms with Crippen LogP contribution in [0.3, 0.4) is 0 Å². The number of fused-ring (bicyclic) bond motifs is 3. The highest BCUT2D eigenvalue weighted by Crippen LogP contribution is 2.47. The minimum Gasteiger partial charge on any atom is -0.493 e. The molecule has 5 aromatic rings. The predicted molar refractivity (Wildman–Crippen MR) is 328 cm³/mol. The standard InChI is InChI=1S/C63H80F3N15O4/c1-35-24-49(67-4)78-61(72-35)76-46-29-43-27-38(33-83-59(43)52(56(46)65)39-10-6-17-68-19-14-39)31-70-50-25-36(2)74-63(79-50)77-47-30-48-60(54(57(47)66)40-11-7-18-69-20-15-40)84-34-44(85-48)32-71-51-26-37(3)73-62(80-51)75-45-28-42-13-9-23-82-58(42)53(55(45)64)41-12-8-21-81(5)22-16-41/h14-16,25-26,28-30,35,38,44,49,61,67-69,72,76,78H,6-13,17-24,27,31-34H2,1-5H3,(H2,70,74,77,79)(H2,71,73,75,80). The van der Waals surface area contributed by atoms with Crippen molar-refractivity contribution in [3.63, 3.8) is 0 Å². The van der Waals surface area contributed by atoms with E-state index in [4.69, 9.17) is 33.9 Å². The molecule has 2 aromatic heterocycles. The second-order valence-electron chi connectivity index (χ2n) is 23.5. The molecule has 0 radical (unpaired) electrons. The number of aryl methyl sites for hydroxylation is 3. The second kappa shape index (κ2) is 26.2. The number of hydrogen-bond donors (Lipinski definition) is 10. The molecule has 0 bridgehead atoms. The molecule has 5 unspecified atom stereocenters. The van der Waals surface area contributed by atoms with Crippen LogP contribution in [0.15, 0.2) is 48.6 Å². The number of anilines is 7. The molecule has 85 heavy (non-hydrogen) atoms. The molecule has 0 spiro atoms. The van der Waals surface area contributed by atoms with Crippen LogP contribution in [0.2, 0.25) is 0 Å². The summed E-state index contributed by atoms with van der Waals surface area (Å²) < 4.78 is 76.7. The van der Waals surface area contributed by atoms with E-state index in [9.17, 15) is 0 Å². The summed E-state index contributed by atoms with van der Waals surface area (Å²) in [6.07, 6.45) is 13.3. The van der Waals surface area contributed by atoms with Crippen molar-refractivity contribution in [1.82, 2.24) is 51.4 Å². The quantitative estimate of drug-likeness (QED) is 0.0447. The molecule has 0 aliphatic carbocycles. The van der Waals surface area contributed by atoms with Crippen LogP contribution in [-0.2, 0) is 12.8 Å². The molecule has 7 aliphatic rings. The number of nitrogens with zero attached hydrogens (tertiary/aromatic N) is 5. The number of rotatable bonds is 16. The van der Waals surface area contributed by atoms with Crippen LogP contribution in [0, 0.1) is 37.2 Å². The molecule has 19 nitrogen and oxygen atoms in total. The summed E-state index contributed by atoms with van der Waals surface area (Å²) in [6, 6.07) is 9.22. The summed E-state index contributed by atoms with van der Waals surface area (Å²) in [5.74, 6) is 2.27. The van der Waals surface area contributed by atoms with Gasteiger partial charge in [-0.15, -0.1) is 0 Å². The number of ether oxygens (including phenoxy) is 4. The lowest BCUT2D eigenvalue weighted by molar-refractivity contribution is 0.0989. The zero-order chi connectivity index (χ0) is 58.6. The molecule has 1 fully saturated rings. The molecule has 0 amide bonds. The molecule has 12 rings (SSSR count). The van der Waals surface area contributed by atoms with E-state index < -0.39 is 11.9 Å². The Hall–Kier alpha value is -7.21. The van der Waals surface area contributed by atoms with E-state index >= 15 is 13.2 Å². The van der Waals surface area contributed by atoms with Gasteiger partial charge in [-0.05, 0) is 159 Å². The summed E-state index contributed by atoms with van der Waals surface area (Å²) in [5.41, 5.74) is 8.18. The number of hydrogen-bond acceptors (Lipinski definition) is 19. The number of nitrogens with one attached hydrogen (secondary N) is 10. The molecular weight excluding hydrogens is 1090 g/mol. The van der Waals surface area contributed by atoms with Gasteiger partial charge in [0.1, 0.15) is 42.1 Å². The lowest BCUT2D eigenvalue weighted by Crippen LogP contribution is -2.63. The van der Waals surface area contributed by atoms with Crippen LogP contribution in [0.4, 0.5) is 53.8 Å². The van der Waals surface area contributed by atoms with E-state index in [1.807, 2.05) is 51.2 Å². The first-order valence-electron chi connectivity index (χ1n) is 30.4. The third kappa shape index (κ3) is 13.4. The fraction of sp³-hybridized carbons (Fsp3) is 0.492. The first-order valence-corrected chi connectivity index (χ1v) is 30.4. The number of allylic oxidation sites excluding steroid dienone is 3. The number of aromatic nitrogens is 4. The van der Waals surface area contributed by atoms with Crippen LogP contribution in [0.25, 0.3) is 16.7 Å². The van der Waals surface area contributed by atoms with E-state index in [1.165, 1.54) is 0 Å². The molecule has 5 atom stereocenters. The van der Waals surface area contributed by atoms with Crippen molar-refractivity contribution in [3.05, 3.63) is 105 Å². The molecule has 22 heteroatoms. The highest BCUT2D eigenvalue weighted by Gasteiger charge is 2.34. The van der Waals surface area contributed by atoms with Gasteiger partial charge in [-0.2, -0.15) is 9.97 Å². The lowest BCUT2D eigenvalue weighted by atomic mass is 9.90. The average molecular weight is 1170 g/mol. The number of likely N-dealkylation sites (N-methyl/N-ethyl adjacent to an activating group) is 1. The largest absolute Gasteiger partial charge is 0.493 e. The maximum absolute atomic E-state index is 17.3. The lowest BCUT2D eigenvalue weighted by Gasteiger charge is -2.37. The number of benzene rings is 3. The summed E-state index contributed by atoms with van der Waals surface area (Å²) in [6.45, 7) is 12.3. The Balaban J connectivity index is 0.751. The van der Waals surface area contributed by atoms with Gasteiger partial charge in [-0.25, -0.2) is 23.1 Å². The maximum Gasteiger partial charge on any atom is 0.229 e. The summed E-state index contributed by atoms with van der Waals surface area (Å²) in [5, 5.41) is 33.9. The van der Waals surface area contributed by atoms with Crippen molar-refractivity contribution in [2.24, 2.45) is 5.92 Å². The monoisotopic (exact) mass is 1170 g/mol. The smallest absolute Gasteiger partial charge is 0.229 e. The van der Waals surface area contributed by atoms with Gasteiger partial charge < -0.3 is 66.4 Å².